The van der Waals surface area contributed by atoms with Crippen molar-refractivity contribution in [2.24, 2.45) is 0 Å². The third kappa shape index (κ3) is 6.33. The highest BCUT2D eigenvalue weighted by Crippen LogP contribution is 2.24. The predicted octanol–water partition coefficient (Wildman–Crippen LogP) is 4.23. The van der Waals surface area contributed by atoms with Crippen LogP contribution in [0.3, 0.4) is 0 Å². The van der Waals surface area contributed by atoms with Crippen LogP contribution in [0.5, 0.6) is 5.75 Å². The Labute approximate surface area is 183 Å². The van der Waals surface area contributed by atoms with E-state index in [1.807, 2.05) is 61.5 Å². The van der Waals surface area contributed by atoms with Crippen LogP contribution in [0.15, 0.2) is 78.9 Å². The molecule has 1 N–H and O–H groups in total. The van der Waals surface area contributed by atoms with Gasteiger partial charge in [0.25, 0.3) is 5.91 Å². The molecular formula is C24H26N2O4S. The molecule has 0 aliphatic rings. The molecule has 0 aliphatic heterocycles. The molecule has 7 heteroatoms. The highest BCUT2D eigenvalue weighted by molar-refractivity contribution is 7.92. The Morgan fingerprint density at radius 3 is 2.23 bits per heavy atom. The summed E-state index contributed by atoms with van der Waals surface area (Å²) < 4.78 is 31.5. The number of carbonyl (C=O) groups excluding carboxylic acids is 1. The molecular weight excluding hydrogens is 412 g/mol. The number of ether oxygens (including phenoxy) is 1. The number of nitrogens with one attached hydrogen (secondary N) is 1. The first-order valence-electron chi connectivity index (χ1n) is 9.99. The SMILES string of the molecule is CCc1ccccc1NC(=O)COc1ccc(N(Cc2ccccc2)S(C)(=O)=O)cc1. The number of anilines is 2. The van der Waals surface area contributed by atoms with E-state index in [1.165, 1.54) is 10.6 Å². The van der Waals surface area contributed by atoms with Gasteiger partial charge in [-0.1, -0.05) is 55.5 Å². The van der Waals surface area contributed by atoms with Crippen molar-refractivity contribution in [3.05, 3.63) is 90.0 Å². The van der Waals surface area contributed by atoms with Crippen molar-refractivity contribution in [1.29, 1.82) is 0 Å². The molecule has 1 amide bonds. The van der Waals surface area contributed by atoms with Crippen molar-refractivity contribution in [2.45, 2.75) is 19.9 Å². The molecule has 0 aromatic heterocycles. The summed E-state index contributed by atoms with van der Waals surface area (Å²) in [6.07, 6.45) is 2.00. The van der Waals surface area contributed by atoms with Gasteiger partial charge in [0.1, 0.15) is 5.75 Å². The van der Waals surface area contributed by atoms with Gasteiger partial charge in [-0.3, -0.25) is 9.10 Å². The van der Waals surface area contributed by atoms with E-state index in [0.717, 1.165) is 23.2 Å². The third-order valence-corrected chi connectivity index (χ3v) is 5.88. The molecule has 0 saturated carbocycles. The second kappa shape index (κ2) is 10.1. The molecule has 6 nitrogen and oxygen atoms in total. The summed E-state index contributed by atoms with van der Waals surface area (Å²) in [4.78, 5) is 12.2. The molecule has 0 saturated heterocycles. The van der Waals surface area contributed by atoms with Crippen molar-refractivity contribution in [2.75, 3.05) is 22.5 Å². The van der Waals surface area contributed by atoms with Crippen LogP contribution in [0.25, 0.3) is 0 Å². The van der Waals surface area contributed by atoms with E-state index < -0.39 is 10.0 Å². The minimum Gasteiger partial charge on any atom is -0.484 e. The zero-order valence-corrected chi connectivity index (χ0v) is 18.4. The van der Waals surface area contributed by atoms with Crippen LogP contribution < -0.4 is 14.4 Å². The molecule has 0 unspecified atom stereocenters. The fourth-order valence-electron chi connectivity index (χ4n) is 3.14. The van der Waals surface area contributed by atoms with Gasteiger partial charge in [0, 0.05) is 5.69 Å². The minimum absolute atomic E-state index is 0.142. The zero-order chi connectivity index (χ0) is 22.3. The fourth-order valence-corrected chi connectivity index (χ4v) is 4.03. The van der Waals surface area contributed by atoms with Gasteiger partial charge in [0.2, 0.25) is 10.0 Å². The van der Waals surface area contributed by atoms with Gasteiger partial charge >= 0.3 is 0 Å². The van der Waals surface area contributed by atoms with Crippen LogP contribution in [0.1, 0.15) is 18.1 Å². The summed E-state index contributed by atoms with van der Waals surface area (Å²) in [7, 11) is -3.47. The lowest BCUT2D eigenvalue weighted by atomic mass is 10.1. The van der Waals surface area contributed by atoms with E-state index in [0.29, 0.717) is 11.4 Å². The maximum absolute atomic E-state index is 12.3. The monoisotopic (exact) mass is 438 g/mol. The van der Waals surface area contributed by atoms with E-state index in [1.54, 1.807) is 24.3 Å². The molecule has 3 aromatic rings. The molecule has 0 aliphatic carbocycles. The lowest BCUT2D eigenvalue weighted by Crippen LogP contribution is -2.29. The Morgan fingerprint density at radius 1 is 0.935 bits per heavy atom. The number of benzene rings is 3. The fraction of sp³-hybridized carbons (Fsp3) is 0.208. The Balaban J connectivity index is 1.64. The van der Waals surface area contributed by atoms with Gasteiger partial charge < -0.3 is 10.1 Å². The molecule has 0 heterocycles. The largest absolute Gasteiger partial charge is 0.484 e. The molecule has 3 aromatic carbocycles. The van der Waals surface area contributed by atoms with Gasteiger partial charge in [-0.2, -0.15) is 0 Å². The van der Waals surface area contributed by atoms with Gasteiger partial charge in [0.15, 0.2) is 6.61 Å². The van der Waals surface area contributed by atoms with Crippen LogP contribution in [-0.2, 0) is 27.8 Å². The number of hydrogen-bond acceptors (Lipinski definition) is 4. The Hall–Kier alpha value is -3.32. The second-order valence-electron chi connectivity index (χ2n) is 7.10. The van der Waals surface area contributed by atoms with Gasteiger partial charge in [-0.15, -0.1) is 0 Å². The molecule has 0 fully saturated rings. The van der Waals surface area contributed by atoms with Gasteiger partial charge in [0.05, 0.1) is 18.5 Å². The van der Waals surface area contributed by atoms with E-state index >= 15 is 0 Å². The standard InChI is InChI=1S/C24H26N2O4S/c1-3-20-11-7-8-12-23(20)25-24(27)18-30-22-15-13-21(14-16-22)26(31(2,28)29)17-19-9-5-4-6-10-19/h4-16H,3,17-18H2,1-2H3,(H,25,27). The van der Waals surface area contributed by atoms with Crippen LogP contribution in [0, 0.1) is 0 Å². The van der Waals surface area contributed by atoms with Crippen molar-refractivity contribution in [1.82, 2.24) is 0 Å². The summed E-state index contributed by atoms with van der Waals surface area (Å²) >= 11 is 0. The maximum atomic E-state index is 12.3. The van der Waals surface area contributed by atoms with E-state index in [-0.39, 0.29) is 19.1 Å². The number of aryl methyl sites for hydroxylation is 1. The average molecular weight is 439 g/mol. The maximum Gasteiger partial charge on any atom is 0.262 e. The minimum atomic E-state index is -3.47. The van der Waals surface area contributed by atoms with Crippen LogP contribution in [0.2, 0.25) is 0 Å². The molecule has 0 radical (unpaired) electrons. The number of sulfonamides is 1. The smallest absolute Gasteiger partial charge is 0.262 e. The molecule has 31 heavy (non-hydrogen) atoms. The Morgan fingerprint density at radius 2 is 1.58 bits per heavy atom. The van der Waals surface area contributed by atoms with E-state index in [2.05, 4.69) is 5.32 Å². The lowest BCUT2D eigenvalue weighted by Gasteiger charge is -2.22. The molecule has 162 valence electrons. The van der Waals surface area contributed by atoms with Gasteiger partial charge in [-0.25, -0.2) is 8.42 Å². The zero-order valence-electron chi connectivity index (χ0n) is 17.6. The Bertz CT molecular complexity index is 1110. The van der Waals surface area contributed by atoms with Crippen molar-refractivity contribution in [3.63, 3.8) is 0 Å². The first kappa shape index (κ1) is 22.4. The van der Waals surface area contributed by atoms with Crippen molar-refractivity contribution in [3.8, 4) is 5.75 Å². The number of para-hydroxylation sites is 1. The van der Waals surface area contributed by atoms with Crippen LogP contribution in [0.4, 0.5) is 11.4 Å². The number of carbonyl (C=O) groups is 1. The normalized spacial score (nSPS) is 11.0. The number of hydrogen-bond donors (Lipinski definition) is 1. The molecule has 0 atom stereocenters. The number of nitrogens with zero attached hydrogens (tertiary/aromatic N) is 1. The lowest BCUT2D eigenvalue weighted by molar-refractivity contribution is -0.118. The molecule has 0 bridgehead atoms. The molecule has 3 rings (SSSR count). The van der Waals surface area contributed by atoms with Crippen molar-refractivity contribution < 1.29 is 17.9 Å². The van der Waals surface area contributed by atoms with Crippen LogP contribution >= 0.6 is 0 Å². The summed E-state index contributed by atoms with van der Waals surface area (Å²) in [5.41, 5.74) is 3.25. The highest BCUT2D eigenvalue weighted by atomic mass is 32.2. The predicted molar refractivity (Wildman–Crippen MR) is 124 cm³/mol. The van der Waals surface area contributed by atoms with Crippen molar-refractivity contribution >= 4 is 27.3 Å². The number of rotatable bonds is 9. The summed E-state index contributed by atoms with van der Waals surface area (Å²) in [6, 6.07) is 23.7. The van der Waals surface area contributed by atoms with Crippen LogP contribution in [-0.4, -0.2) is 27.2 Å². The highest BCUT2D eigenvalue weighted by Gasteiger charge is 2.18. The van der Waals surface area contributed by atoms with E-state index in [9.17, 15) is 13.2 Å². The second-order valence-corrected chi connectivity index (χ2v) is 9.00. The first-order chi connectivity index (χ1) is 14.9. The first-order valence-corrected chi connectivity index (χ1v) is 11.8. The Kier molecular flexibility index (Phi) is 7.31. The van der Waals surface area contributed by atoms with E-state index in [4.69, 9.17) is 4.74 Å². The summed E-state index contributed by atoms with van der Waals surface area (Å²) in [5.74, 6) is 0.225. The average Bonchev–Trinajstić information content (AvgIpc) is 2.77. The summed E-state index contributed by atoms with van der Waals surface area (Å²) in [5, 5.41) is 2.86. The molecule has 0 spiro atoms. The topological polar surface area (TPSA) is 75.7 Å². The number of amides is 1. The van der Waals surface area contributed by atoms with Gasteiger partial charge in [-0.05, 0) is 47.9 Å². The quantitative estimate of drug-likeness (QED) is 0.542. The third-order valence-electron chi connectivity index (χ3n) is 4.74. The summed E-state index contributed by atoms with van der Waals surface area (Å²) in [6.45, 7) is 2.12.